The van der Waals surface area contributed by atoms with Gasteiger partial charge in [0.15, 0.2) is 11.0 Å². The van der Waals surface area contributed by atoms with Crippen LogP contribution in [0.3, 0.4) is 0 Å². The molecule has 0 aliphatic carbocycles. The van der Waals surface area contributed by atoms with Crippen LogP contribution >= 0.6 is 23.4 Å². The Morgan fingerprint density at radius 3 is 2.60 bits per heavy atom. The highest BCUT2D eigenvalue weighted by molar-refractivity contribution is 7.99. The van der Waals surface area contributed by atoms with Crippen LogP contribution in [0.4, 0.5) is 5.69 Å². The lowest BCUT2D eigenvalue weighted by atomic mass is 10.1. The fourth-order valence-electron chi connectivity index (χ4n) is 2.27. The number of hydrogen-bond acceptors (Lipinski definition) is 4. The topological polar surface area (TPSA) is 59.8 Å². The minimum absolute atomic E-state index is 0.141. The number of thioether (sulfide) groups is 1. The van der Waals surface area contributed by atoms with Crippen molar-refractivity contribution < 1.29 is 4.79 Å². The van der Waals surface area contributed by atoms with Crippen LogP contribution in [0.5, 0.6) is 0 Å². The van der Waals surface area contributed by atoms with Gasteiger partial charge >= 0.3 is 0 Å². The van der Waals surface area contributed by atoms with Crippen LogP contribution in [-0.4, -0.2) is 26.4 Å². The first kappa shape index (κ1) is 17.5. The molecule has 0 unspecified atom stereocenters. The number of carbonyl (C=O) groups is 1. The molecule has 1 heterocycles. The number of halogens is 1. The number of para-hydroxylation sites is 1. The monoisotopic (exact) mass is 372 g/mol. The number of nitrogens with one attached hydrogen (secondary N) is 1. The second kappa shape index (κ2) is 7.72. The summed E-state index contributed by atoms with van der Waals surface area (Å²) >= 11 is 7.38. The second-order valence-electron chi connectivity index (χ2n) is 5.55. The number of amides is 1. The Morgan fingerprint density at radius 2 is 1.88 bits per heavy atom. The molecule has 3 rings (SSSR count). The summed E-state index contributed by atoms with van der Waals surface area (Å²) in [4.78, 5) is 12.1. The molecule has 1 amide bonds. The summed E-state index contributed by atoms with van der Waals surface area (Å²) < 4.78 is 1.89. The van der Waals surface area contributed by atoms with Crippen molar-refractivity contribution in [3.8, 4) is 11.4 Å². The van der Waals surface area contributed by atoms with E-state index >= 15 is 0 Å². The van der Waals surface area contributed by atoms with E-state index in [2.05, 4.69) is 15.5 Å². The van der Waals surface area contributed by atoms with Crippen molar-refractivity contribution >= 4 is 35.0 Å². The smallest absolute Gasteiger partial charge is 0.234 e. The zero-order chi connectivity index (χ0) is 17.8. The number of aryl methyl sites for hydroxylation is 1. The molecule has 5 nitrogen and oxygen atoms in total. The Kier molecular flexibility index (Phi) is 5.40. The van der Waals surface area contributed by atoms with Gasteiger partial charge in [0.25, 0.3) is 0 Å². The van der Waals surface area contributed by atoms with Crippen LogP contribution in [0.25, 0.3) is 11.4 Å². The van der Waals surface area contributed by atoms with E-state index in [0.717, 1.165) is 11.4 Å². The number of carbonyl (C=O) groups excluding carboxylic acids is 1. The molecule has 3 aromatic rings. The zero-order valence-corrected chi connectivity index (χ0v) is 15.4. The molecule has 25 heavy (non-hydrogen) atoms. The van der Waals surface area contributed by atoms with Gasteiger partial charge in [-0.1, -0.05) is 65.3 Å². The van der Waals surface area contributed by atoms with E-state index < -0.39 is 0 Å². The number of hydrogen-bond donors (Lipinski definition) is 1. The second-order valence-corrected chi connectivity index (χ2v) is 6.90. The van der Waals surface area contributed by atoms with Gasteiger partial charge in [-0.05, 0) is 19.1 Å². The number of nitrogens with zero attached hydrogens (tertiary/aromatic N) is 3. The predicted molar refractivity (Wildman–Crippen MR) is 102 cm³/mol. The molecular weight excluding hydrogens is 356 g/mol. The lowest BCUT2D eigenvalue weighted by Gasteiger charge is -2.07. The lowest BCUT2D eigenvalue weighted by molar-refractivity contribution is -0.113. The Hall–Kier alpha value is -2.31. The fourth-order valence-corrected chi connectivity index (χ4v) is 3.17. The van der Waals surface area contributed by atoms with Gasteiger partial charge < -0.3 is 9.88 Å². The van der Waals surface area contributed by atoms with E-state index in [1.165, 1.54) is 17.3 Å². The Labute approximate surface area is 155 Å². The molecule has 0 spiro atoms. The molecule has 7 heteroatoms. The number of aromatic nitrogens is 3. The quantitative estimate of drug-likeness (QED) is 0.683. The van der Waals surface area contributed by atoms with Crippen molar-refractivity contribution in [2.75, 3.05) is 11.1 Å². The molecular formula is C18H17ClN4OS. The van der Waals surface area contributed by atoms with Gasteiger partial charge in [-0.2, -0.15) is 0 Å². The summed E-state index contributed by atoms with van der Waals surface area (Å²) in [5.74, 6) is 0.859. The van der Waals surface area contributed by atoms with Crippen molar-refractivity contribution in [1.29, 1.82) is 0 Å². The first-order valence-electron chi connectivity index (χ1n) is 7.68. The summed E-state index contributed by atoms with van der Waals surface area (Å²) in [7, 11) is 1.89. The molecule has 0 aliphatic heterocycles. The van der Waals surface area contributed by atoms with Crippen LogP contribution in [0.1, 0.15) is 5.56 Å². The molecule has 0 aliphatic rings. The molecule has 0 fully saturated rings. The molecule has 1 aromatic heterocycles. The summed E-state index contributed by atoms with van der Waals surface area (Å²) in [6.07, 6.45) is 0. The number of anilines is 1. The normalized spacial score (nSPS) is 10.7. The maximum absolute atomic E-state index is 12.1. The van der Waals surface area contributed by atoms with Crippen LogP contribution in [0.2, 0.25) is 5.02 Å². The Balaban J connectivity index is 1.65. The van der Waals surface area contributed by atoms with Gasteiger partial charge in [0.1, 0.15) is 0 Å². The average Bonchev–Trinajstić information content (AvgIpc) is 2.97. The molecule has 0 saturated carbocycles. The van der Waals surface area contributed by atoms with Crippen LogP contribution in [0, 0.1) is 6.92 Å². The fraction of sp³-hybridized carbons (Fsp3) is 0.167. The summed E-state index contributed by atoms with van der Waals surface area (Å²) in [6.45, 7) is 2.04. The van der Waals surface area contributed by atoms with E-state index in [1.54, 1.807) is 12.1 Å². The zero-order valence-electron chi connectivity index (χ0n) is 13.9. The van der Waals surface area contributed by atoms with Crippen LogP contribution in [-0.2, 0) is 11.8 Å². The molecule has 2 aromatic carbocycles. The SMILES string of the molecule is Cc1ccc(-c2nnc(SCC(=O)Nc3ccccc3Cl)n2C)cc1. The predicted octanol–water partition coefficient (Wildman–Crippen LogP) is 4.17. The van der Waals surface area contributed by atoms with E-state index in [0.29, 0.717) is 15.9 Å². The lowest BCUT2D eigenvalue weighted by Crippen LogP contribution is -2.14. The van der Waals surface area contributed by atoms with Gasteiger partial charge in [0.2, 0.25) is 5.91 Å². The average molecular weight is 373 g/mol. The Bertz CT molecular complexity index is 892. The maximum atomic E-state index is 12.1. The van der Waals surface area contributed by atoms with E-state index in [9.17, 15) is 4.79 Å². The van der Waals surface area contributed by atoms with Crippen LogP contribution in [0.15, 0.2) is 53.7 Å². The van der Waals surface area contributed by atoms with Crippen LogP contribution < -0.4 is 5.32 Å². The standard InChI is InChI=1S/C18H17ClN4OS/c1-12-7-9-13(10-8-12)17-21-22-18(23(17)2)25-11-16(24)20-15-6-4-3-5-14(15)19/h3-10H,11H2,1-2H3,(H,20,24). The molecule has 0 saturated heterocycles. The molecule has 1 N–H and O–H groups in total. The number of benzene rings is 2. The van der Waals surface area contributed by atoms with Crippen molar-refractivity contribution in [3.05, 3.63) is 59.1 Å². The highest BCUT2D eigenvalue weighted by Crippen LogP contribution is 2.24. The highest BCUT2D eigenvalue weighted by Gasteiger charge is 2.13. The molecule has 128 valence electrons. The van der Waals surface area contributed by atoms with E-state index in [4.69, 9.17) is 11.6 Å². The third-order valence-electron chi connectivity index (χ3n) is 3.62. The van der Waals surface area contributed by atoms with Gasteiger partial charge in [0.05, 0.1) is 16.5 Å². The summed E-state index contributed by atoms with van der Waals surface area (Å²) in [5.41, 5.74) is 2.79. The first-order chi connectivity index (χ1) is 12.0. The molecule has 0 radical (unpaired) electrons. The number of rotatable bonds is 5. The van der Waals surface area contributed by atoms with Gasteiger partial charge in [-0.15, -0.1) is 10.2 Å². The van der Waals surface area contributed by atoms with Crippen molar-refractivity contribution in [2.45, 2.75) is 12.1 Å². The minimum Gasteiger partial charge on any atom is -0.324 e. The summed E-state index contributed by atoms with van der Waals surface area (Å²) in [5, 5.41) is 12.4. The van der Waals surface area contributed by atoms with Gasteiger partial charge in [-0.25, -0.2) is 0 Å². The molecule has 0 atom stereocenters. The highest BCUT2D eigenvalue weighted by atomic mass is 35.5. The minimum atomic E-state index is -0.141. The maximum Gasteiger partial charge on any atom is 0.234 e. The molecule has 0 bridgehead atoms. The van der Waals surface area contributed by atoms with E-state index in [-0.39, 0.29) is 11.7 Å². The first-order valence-corrected chi connectivity index (χ1v) is 9.04. The van der Waals surface area contributed by atoms with Crippen molar-refractivity contribution in [3.63, 3.8) is 0 Å². The van der Waals surface area contributed by atoms with Gasteiger partial charge in [-0.3, -0.25) is 4.79 Å². The van der Waals surface area contributed by atoms with Crippen molar-refractivity contribution in [1.82, 2.24) is 14.8 Å². The van der Waals surface area contributed by atoms with E-state index in [1.807, 2.05) is 54.9 Å². The third kappa shape index (κ3) is 4.21. The third-order valence-corrected chi connectivity index (χ3v) is 4.97. The van der Waals surface area contributed by atoms with Crippen molar-refractivity contribution in [2.24, 2.45) is 7.05 Å². The Morgan fingerprint density at radius 1 is 1.16 bits per heavy atom. The largest absolute Gasteiger partial charge is 0.324 e. The summed E-state index contributed by atoms with van der Waals surface area (Å²) in [6, 6.07) is 15.2. The van der Waals surface area contributed by atoms with Gasteiger partial charge in [0, 0.05) is 12.6 Å².